The van der Waals surface area contributed by atoms with Gasteiger partial charge in [-0.15, -0.1) is 5.10 Å². The molecule has 0 saturated carbocycles. The zero-order valence-corrected chi connectivity index (χ0v) is 20.4. The highest BCUT2D eigenvalue weighted by Gasteiger charge is 2.14. The van der Waals surface area contributed by atoms with Gasteiger partial charge in [-0.1, -0.05) is 96.3 Å². The van der Waals surface area contributed by atoms with E-state index in [1.165, 1.54) is 11.3 Å². The van der Waals surface area contributed by atoms with Gasteiger partial charge in [-0.05, 0) is 35.4 Å². The fourth-order valence-electron chi connectivity index (χ4n) is 4.32. The van der Waals surface area contributed by atoms with Crippen LogP contribution in [0, 0.1) is 0 Å². The molecule has 0 unspecified atom stereocenters. The van der Waals surface area contributed by atoms with E-state index in [9.17, 15) is 4.79 Å². The molecule has 0 aliphatic heterocycles. The number of aryl methyl sites for hydroxylation is 1. The number of benzene rings is 4. The van der Waals surface area contributed by atoms with Crippen molar-refractivity contribution in [3.05, 3.63) is 120 Å². The largest absolute Gasteiger partial charge is 0.318 e. The highest BCUT2D eigenvalue weighted by Crippen LogP contribution is 2.27. The Balaban J connectivity index is 1.37. The van der Waals surface area contributed by atoms with Gasteiger partial charge < -0.3 is 4.57 Å². The van der Waals surface area contributed by atoms with Gasteiger partial charge in [0.25, 0.3) is 5.91 Å². The third-order valence-electron chi connectivity index (χ3n) is 6.22. The molecule has 2 aromatic heterocycles. The first-order chi connectivity index (χ1) is 17.7. The quantitative estimate of drug-likeness (QED) is 0.295. The molecule has 1 N–H and O–H groups in total. The SMILES string of the molecule is Cn1/c(=N/NC(=O)c2cc(-c3ccc(-c4ccccc4)cc3)nc3ccccc23)sc2ccccc21. The lowest BCUT2D eigenvalue weighted by atomic mass is 10.0. The molecule has 4 aromatic carbocycles. The van der Waals surface area contributed by atoms with Gasteiger partial charge in [0.15, 0.2) is 0 Å². The van der Waals surface area contributed by atoms with Gasteiger partial charge >= 0.3 is 0 Å². The van der Waals surface area contributed by atoms with Crippen molar-refractivity contribution in [2.75, 3.05) is 0 Å². The van der Waals surface area contributed by atoms with Crippen molar-refractivity contribution >= 4 is 38.4 Å². The number of nitrogens with zero attached hydrogens (tertiary/aromatic N) is 3. The van der Waals surface area contributed by atoms with E-state index in [0.29, 0.717) is 5.56 Å². The Morgan fingerprint density at radius 2 is 1.47 bits per heavy atom. The molecule has 6 aromatic rings. The molecular weight excluding hydrogens is 464 g/mol. The number of para-hydroxylation sites is 2. The maximum atomic E-state index is 13.3. The van der Waals surface area contributed by atoms with E-state index in [4.69, 9.17) is 4.98 Å². The van der Waals surface area contributed by atoms with Gasteiger partial charge in [-0.3, -0.25) is 4.79 Å². The van der Waals surface area contributed by atoms with Crippen LogP contribution in [0.2, 0.25) is 0 Å². The molecule has 0 fully saturated rings. The van der Waals surface area contributed by atoms with Crippen molar-refractivity contribution in [1.82, 2.24) is 15.0 Å². The lowest BCUT2D eigenvalue weighted by Crippen LogP contribution is -2.23. The molecule has 5 nitrogen and oxygen atoms in total. The van der Waals surface area contributed by atoms with E-state index in [-0.39, 0.29) is 5.91 Å². The van der Waals surface area contributed by atoms with Crippen molar-refractivity contribution in [2.24, 2.45) is 12.1 Å². The van der Waals surface area contributed by atoms with E-state index in [1.807, 2.05) is 96.5 Å². The molecule has 36 heavy (non-hydrogen) atoms. The number of nitrogens with one attached hydrogen (secondary N) is 1. The first kappa shape index (κ1) is 21.9. The molecule has 2 heterocycles. The number of rotatable bonds is 4. The Morgan fingerprint density at radius 1 is 0.806 bits per heavy atom. The first-order valence-electron chi connectivity index (χ1n) is 11.6. The summed E-state index contributed by atoms with van der Waals surface area (Å²) in [7, 11) is 1.95. The molecule has 0 spiro atoms. The maximum Gasteiger partial charge on any atom is 0.272 e. The van der Waals surface area contributed by atoms with Crippen molar-refractivity contribution in [3.63, 3.8) is 0 Å². The summed E-state index contributed by atoms with van der Waals surface area (Å²) in [6.07, 6.45) is 0. The summed E-state index contributed by atoms with van der Waals surface area (Å²) < 4.78 is 3.09. The summed E-state index contributed by atoms with van der Waals surface area (Å²) in [5.41, 5.74) is 9.12. The van der Waals surface area contributed by atoms with Crippen molar-refractivity contribution in [3.8, 4) is 22.4 Å². The van der Waals surface area contributed by atoms with E-state index in [2.05, 4.69) is 34.8 Å². The summed E-state index contributed by atoms with van der Waals surface area (Å²) in [4.78, 5) is 18.9. The van der Waals surface area contributed by atoms with Gasteiger partial charge in [-0.25, -0.2) is 10.4 Å². The summed E-state index contributed by atoms with van der Waals surface area (Å²) in [5.74, 6) is -0.270. The average Bonchev–Trinajstić information content (AvgIpc) is 3.27. The van der Waals surface area contributed by atoms with Crippen LogP contribution in [0.15, 0.2) is 114 Å². The maximum absolute atomic E-state index is 13.3. The number of pyridine rings is 1. The summed E-state index contributed by atoms with van der Waals surface area (Å²) in [6, 6.07) is 36.1. The summed E-state index contributed by atoms with van der Waals surface area (Å²) in [5, 5.41) is 5.22. The minimum Gasteiger partial charge on any atom is -0.318 e. The van der Waals surface area contributed by atoms with Crippen LogP contribution >= 0.6 is 11.3 Å². The zero-order valence-electron chi connectivity index (χ0n) is 19.6. The Morgan fingerprint density at radius 3 is 2.28 bits per heavy atom. The smallest absolute Gasteiger partial charge is 0.272 e. The van der Waals surface area contributed by atoms with Crippen LogP contribution in [-0.4, -0.2) is 15.5 Å². The molecule has 0 atom stereocenters. The van der Waals surface area contributed by atoms with Gasteiger partial charge in [0, 0.05) is 18.0 Å². The number of hydrogen-bond acceptors (Lipinski definition) is 4. The number of amides is 1. The fraction of sp³-hybridized carbons (Fsp3) is 0.0333. The van der Waals surface area contributed by atoms with Gasteiger partial charge in [-0.2, -0.15) is 0 Å². The molecule has 0 bridgehead atoms. The second-order valence-corrected chi connectivity index (χ2v) is 9.49. The molecule has 0 aliphatic carbocycles. The van der Waals surface area contributed by atoms with Crippen LogP contribution in [0.5, 0.6) is 0 Å². The van der Waals surface area contributed by atoms with Crippen LogP contribution < -0.4 is 10.2 Å². The second kappa shape index (κ2) is 9.24. The number of carbonyl (C=O) groups excluding carboxylic acids is 1. The Kier molecular flexibility index (Phi) is 5.64. The number of hydrogen-bond donors (Lipinski definition) is 1. The number of aromatic nitrogens is 2. The minimum atomic E-state index is -0.270. The first-order valence-corrected chi connectivity index (χ1v) is 12.4. The summed E-state index contributed by atoms with van der Waals surface area (Å²) >= 11 is 1.53. The van der Waals surface area contributed by atoms with Crippen LogP contribution in [0.4, 0.5) is 0 Å². The van der Waals surface area contributed by atoms with Crippen LogP contribution in [0.3, 0.4) is 0 Å². The molecule has 6 heteroatoms. The highest BCUT2D eigenvalue weighted by molar-refractivity contribution is 7.16. The van der Waals surface area contributed by atoms with E-state index >= 15 is 0 Å². The lowest BCUT2D eigenvalue weighted by molar-refractivity contribution is 0.0954. The van der Waals surface area contributed by atoms with Gasteiger partial charge in [0.1, 0.15) is 0 Å². The molecule has 0 radical (unpaired) electrons. The van der Waals surface area contributed by atoms with E-state index in [0.717, 1.165) is 48.3 Å². The monoisotopic (exact) mass is 486 g/mol. The van der Waals surface area contributed by atoms with Crippen molar-refractivity contribution in [2.45, 2.75) is 0 Å². The average molecular weight is 487 g/mol. The highest BCUT2D eigenvalue weighted by atomic mass is 32.1. The van der Waals surface area contributed by atoms with Crippen LogP contribution in [0.1, 0.15) is 10.4 Å². The third kappa shape index (κ3) is 4.08. The third-order valence-corrected chi connectivity index (χ3v) is 7.33. The standard InChI is InChI=1S/C30H22N4OS/c1-34-27-13-7-8-14-28(27)36-30(34)33-32-29(35)24-19-26(31-25-12-6-5-11-23(24)25)22-17-15-21(16-18-22)20-9-3-2-4-10-20/h2-19H,1H3,(H,32,35)/b33-30-. The van der Waals surface area contributed by atoms with E-state index < -0.39 is 0 Å². The minimum absolute atomic E-state index is 0.270. The zero-order chi connectivity index (χ0) is 24.5. The molecule has 174 valence electrons. The van der Waals surface area contributed by atoms with E-state index in [1.54, 1.807) is 0 Å². The molecule has 0 aliphatic rings. The fourth-order valence-corrected chi connectivity index (χ4v) is 5.30. The van der Waals surface area contributed by atoms with Gasteiger partial charge in [0.05, 0.1) is 27.0 Å². The lowest BCUT2D eigenvalue weighted by Gasteiger charge is -2.10. The normalized spacial score (nSPS) is 11.8. The number of thiazole rings is 1. The molecule has 1 amide bonds. The van der Waals surface area contributed by atoms with Crippen molar-refractivity contribution < 1.29 is 4.79 Å². The number of carbonyl (C=O) groups is 1. The number of fused-ring (bicyclic) bond motifs is 2. The Labute approximate surface area is 212 Å². The topological polar surface area (TPSA) is 59.3 Å². The molecule has 0 saturated heterocycles. The summed E-state index contributed by atoms with van der Waals surface area (Å²) in [6.45, 7) is 0. The second-order valence-electron chi connectivity index (χ2n) is 8.48. The predicted molar refractivity (Wildman–Crippen MR) is 146 cm³/mol. The molecular formula is C30H22N4OS. The van der Waals surface area contributed by atoms with Gasteiger partial charge in [0.2, 0.25) is 4.80 Å². The Hall–Kier alpha value is -4.55. The van der Waals surface area contributed by atoms with Crippen LogP contribution in [0.25, 0.3) is 43.5 Å². The van der Waals surface area contributed by atoms with Crippen molar-refractivity contribution in [1.29, 1.82) is 0 Å². The van der Waals surface area contributed by atoms with Crippen LogP contribution in [-0.2, 0) is 7.05 Å². The Bertz CT molecular complexity index is 1780. The molecule has 6 rings (SSSR count). The predicted octanol–water partition coefficient (Wildman–Crippen LogP) is 6.37.